The fourth-order valence-corrected chi connectivity index (χ4v) is 10.5. The van der Waals surface area contributed by atoms with Gasteiger partial charge in [0.2, 0.25) is 5.78 Å². The Morgan fingerprint density at radius 3 is 2.34 bits per heavy atom. The molecule has 10 heteroatoms. The molecule has 4 N–H and O–H groups in total. The first-order chi connectivity index (χ1) is 26.8. The van der Waals surface area contributed by atoms with Gasteiger partial charge >= 0.3 is 11.9 Å². The van der Waals surface area contributed by atoms with Crippen molar-refractivity contribution in [3.63, 3.8) is 0 Å². The van der Waals surface area contributed by atoms with E-state index >= 15 is 0 Å². The quantitative estimate of drug-likeness (QED) is 0.185. The summed E-state index contributed by atoms with van der Waals surface area (Å²) in [6.07, 6.45) is 6.60. The molecule has 7 rings (SSSR count). The second-order valence-corrected chi connectivity index (χ2v) is 16.7. The number of aliphatic hydroxyl groups is 2. The molecule has 0 bridgehead atoms. The second-order valence-electron chi connectivity index (χ2n) is 16.7. The van der Waals surface area contributed by atoms with Crippen molar-refractivity contribution >= 4 is 40.1 Å². The van der Waals surface area contributed by atoms with Crippen LogP contribution in [0.25, 0.3) is 10.8 Å². The number of ether oxygens (including phenoxy) is 2. The maximum atomic E-state index is 13.6. The number of Topliss-reactive ketones (excluding diaryl/α,β-unsaturated/α-hetero) is 2. The van der Waals surface area contributed by atoms with E-state index in [1.807, 2.05) is 55.5 Å². The number of benzene rings is 3. The van der Waals surface area contributed by atoms with E-state index in [0.717, 1.165) is 40.3 Å². The summed E-state index contributed by atoms with van der Waals surface area (Å²) in [4.78, 5) is 64.0. The Bertz CT molecular complexity index is 2100. The lowest BCUT2D eigenvalue weighted by atomic mass is 9.46. The molecule has 1 unspecified atom stereocenters. The number of hydrogen-bond donors (Lipinski definition) is 3. The third-order valence-electron chi connectivity index (χ3n) is 13.6. The number of ketones is 3. The van der Waals surface area contributed by atoms with Crippen molar-refractivity contribution in [1.82, 2.24) is 0 Å². The molecule has 0 amide bonds. The van der Waals surface area contributed by atoms with Crippen LogP contribution < -0.4 is 5.73 Å². The van der Waals surface area contributed by atoms with Gasteiger partial charge in [0, 0.05) is 29.7 Å². The van der Waals surface area contributed by atoms with Crippen LogP contribution in [-0.4, -0.2) is 64.4 Å². The number of nitrogens with two attached hydrogens (primary N) is 1. The lowest BCUT2D eigenvalue weighted by Crippen LogP contribution is -2.61. The fraction of sp³-hybridized carbons (Fsp3) is 0.457. The standard InChI is InChI=1S/C46H51NO9/c1-44-19-17-34(48)23-33(44)13-14-35-37-18-20-46(54,45(37,2)24-39(50)43(35)44)40(51)27-56-42(53)16-15-41(52)55-26-28-7-11-31(12-8-28)36(25-47)38(49)22-29-9-10-30-5-3-4-6-32(30)21-29/h3-12,17,19,21,23,35-37,39,43,50,54H,13-16,18,20,22,24-27,47H2,1-2H3/t35-,36?,37-,39-,43+,44-,45-,46-/m0/s1. The Balaban J connectivity index is 0.865. The molecule has 10 nitrogen and oxygen atoms in total. The van der Waals surface area contributed by atoms with E-state index in [1.165, 1.54) is 0 Å². The second kappa shape index (κ2) is 15.6. The van der Waals surface area contributed by atoms with E-state index in [-0.39, 0.29) is 74.6 Å². The summed E-state index contributed by atoms with van der Waals surface area (Å²) < 4.78 is 10.6. The number of carbonyl (C=O) groups excluding carboxylic acids is 5. The first-order valence-corrected chi connectivity index (χ1v) is 19.7. The van der Waals surface area contributed by atoms with Crippen LogP contribution in [0.1, 0.15) is 81.4 Å². The molecule has 3 aromatic rings. The van der Waals surface area contributed by atoms with Gasteiger partial charge in [0.15, 0.2) is 12.4 Å². The van der Waals surface area contributed by atoms with Crippen LogP contribution in [0.4, 0.5) is 0 Å². The van der Waals surface area contributed by atoms with Gasteiger partial charge in [-0.15, -0.1) is 0 Å². The topological polar surface area (TPSA) is 170 Å². The zero-order valence-corrected chi connectivity index (χ0v) is 32.1. The van der Waals surface area contributed by atoms with Gasteiger partial charge in [0.1, 0.15) is 18.0 Å². The van der Waals surface area contributed by atoms with E-state index in [1.54, 1.807) is 36.4 Å². The van der Waals surface area contributed by atoms with Crippen molar-refractivity contribution in [2.24, 2.45) is 34.3 Å². The van der Waals surface area contributed by atoms with Crippen LogP contribution in [0.2, 0.25) is 0 Å². The summed E-state index contributed by atoms with van der Waals surface area (Å²) in [6, 6.07) is 21.1. The average molecular weight is 762 g/mol. The van der Waals surface area contributed by atoms with Gasteiger partial charge in [-0.3, -0.25) is 24.0 Å². The smallest absolute Gasteiger partial charge is 0.306 e. The summed E-state index contributed by atoms with van der Waals surface area (Å²) in [6.45, 7) is 3.43. The van der Waals surface area contributed by atoms with E-state index in [2.05, 4.69) is 6.92 Å². The minimum atomic E-state index is -1.78. The van der Waals surface area contributed by atoms with Crippen molar-refractivity contribution in [2.45, 2.75) is 89.4 Å². The van der Waals surface area contributed by atoms with E-state index < -0.39 is 52.8 Å². The maximum absolute atomic E-state index is 13.6. The monoisotopic (exact) mass is 761 g/mol. The minimum Gasteiger partial charge on any atom is -0.461 e. The van der Waals surface area contributed by atoms with Gasteiger partial charge in [-0.2, -0.15) is 0 Å². The van der Waals surface area contributed by atoms with Crippen LogP contribution in [-0.2, 0) is 46.5 Å². The minimum absolute atomic E-state index is 0.0138. The van der Waals surface area contributed by atoms with Crippen LogP contribution in [0.15, 0.2) is 90.5 Å². The molecule has 3 aromatic carbocycles. The lowest BCUT2D eigenvalue weighted by Gasteiger charge is -2.59. The molecule has 0 saturated heterocycles. The zero-order chi connectivity index (χ0) is 39.8. The number of fused-ring (bicyclic) bond motifs is 6. The van der Waals surface area contributed by atoms with Crippen LogP contribution in [0.5, 0.6) is 0 Å². The molecule has 0 radical (unpaired) electrons. The van der Waals surface area contributed by atoms with Gasteiger partial charge in [-0.05, 0) is 83.6 Å². The molecule has 4 aliphatic rings. The Labute approximate surface area is 327 Å². The van der Waals surface area contributed by atoms with Crippen molar-refractivity contribution < 1.29 is 43.7 Å². The van der Waals surface area contributed by atoms with Gasteiger partial charge in [0.25, 0.3) is 0 Å². The van der Waals surface area contributed by atoms with E-state index in [4.69, 9.17) is 15.2 Å². The molecule has 4 aliphatic carbocycles. The molecule has 0 aromatic heterocycles. The molecule has 3 fully saturated rings. The molecule has 0 heterocycles. The fourth-order valence-electron chi connectivity index (χ4n) is 10.5. The summed E-state index contributed by atoms with van der Waals surface area (Å²) in [5.41, 5.74) is 6.31. The van der Waals surface area contributed by atoms with E-state index in [9.17, 15) is 34.2 Å². The van der Waals surface area contributed by atoms with Crippen molar-refractivity contribution in [3.05, 3.63) is 107 Å². The molecular formula is C46H51NO9. The number of aliphatic hydroxyl groups excluding tert-OH is 1. The number of allylic oxidation sites excluding steroid dienone is 4. The van der Waals surface area contributed by atoms with Gasteiger partial charge in [-0.25, -0.2) is 0 Å². The molecule has 0 aliphatic heterocycles. The number of carbonyl (C=O) groups is 5. The summed E-state index contributed by atoms with van der Waals surface area (Å²) in [7, 11) is 0. The van der Waals surface area contributed by atoms with E-state index in [0.29, 0.717) is 12.0 Å². The normalized spacial score (nSPS) is 29.7. The third-order valence-corrected chi connectivity index (χ3v) is 13.6. The lowest BCUT2D eigenvalue weighted by molar-refractivity contribution is -0.181. The Kier molecular flexibility index (Phi) is 11.0. The highest BCUT2D eigenvalue weighted by molar-refractivity contribution is 6.01. The Hall–Kier alpha value is -4.77. The number of hydrogen-bond acceptors (Lipinski definition) is 10. The summed E-state index contributed by atoms with van der Waals surface area (Å²) >= 11 is 0. The van der Waals surface area contributed by atoms with Gasteiger partial charge in [0.05, 0.1) is 24.9 Å². The average Bonchev–Trinajstić information content (AvgIpc) is 3.46. The number of rotatable bonds is 13. The third kappa shape index (κ3) is 7.30. The highest BCUT2D eigenvalue weighted by atomic mass is 16.5. The molecule has 0 spiro atoms. The first kappa shape index (κ1) is 39.5. The first-order valence-electron chi connectivity index (χ1n) is 19.7. The SMILES string of the molecule is C[C@]12C=CC(=O)C=C1CC[C@@H]1[C@@H]2[C@@H](O)C[C@@]2(C)[C@H]1CC[C@]2(O)C(=O)COC(=O)CCC(=O)OCc1ccc(C(CN)C(=O)Cc2ccc3ccccc3c2)cc1. The zero-order valence-electron chi connectivity index (χ0n) is 32.1. The van der Waals surface area contributed by atoms with Gasteiger partial charge in [-0.1, -0.05) is 92.2 Å². The highest BCUT2D eigenvalue weighted by Crippen LogP contribution is 2.67. The highest BCUT2D eigenvalue weighted by Gasteiger charge is 2.68. The van der Waals surface area contributed by atoms with Crippen LogP contribution in [0, 0.1) is 28.6 Å². The van der Waals surface area contributed by atoms with Gasteiger partial charge < -0.3 is 25.4 Å². The van der Waals surface area contributed by atoms with Crippen molar-refractivity contribution in [1.29, 1.82) is 0 Å². The molecule has 3 saturated carbocycles. The van der Waals surface area contributed by atoms with Crippen LogP contribution in [0.3, 0.4) is 0 Å². The van der Waals surface area contributed by atoms with Crippen molar-refractivity contribution in [3.8, 4) is 0 Å². The largest absolute Gasteiger partial charge is 0.461 e. The van der Waals surface area contributed by atoms with Crippen molar-refractivity contribution in [2.75, 3.05) is 13.2 Å². The van der Waals surface area contributed by atoms with Crippen LogP contribution >= 0.6 is 0 Å². The molecule has 8 atom stereocenters. The predicted octanol–water partition coefficient (Wildman–Crippen LogP) is 5.64. The summed E-state index contributed by atoms with van der Waals surface area (Å²) in [5.74, 6) is -2.60. The number of esters is 2. The Morgan fingerprint density at radius 2 is 1.61 bits per heavy atom. The Morgan fingerprint density at radius 1 is 0.911 bits per heavy atom. The maximum Gasteiger partial charge on any atom is 0.306 e. The molecule has 294 valence electrons. The summed E-state index contributed by atoms with van der Waals surface area (Å²) in [5, 5.41) is 25.7. The predicted molar refractivity (Wildman–Crippen MR) is 209 cm³/mol. The molecular weight excluding hydrogens is 711 g/mol. The molecule has 56 heavy (non-hydrogen) atoms.